The van der Waals surface area contributed by atoms with Crippen molar-refractivity contribution in [2.24, 2.45) is 0 Å². The van der Waals surface area contributed by atoms with Gasteiger partial charge in [-0.05, 0) is 53.9 Å². The number of benzene rings is 2. The van der Waals surface area contributed by atoms with Crippen molar-refractivity contribution < 1.29 is 9.21 Å². The lowest BCUT2D eigenvalue weighted by atomic mass is 10.00. The van der Waals surface area contributed by atoms with Crippen LogP contribution in [0, 0.1) is 11.3 Å². The fourth-order valence-corrected chi connectivity index (χ4v) is 5.40. The minimum absolute atomic E-state index is 0.0525. The van der Waals surface area contributed by atoms with Crippen LogP contribution in [0.2, 0.25) is 5.02 Å². The van der Waals surface area contributed by atoms with E-state index in [9.17, 15) is 10.1 Å². The van der Waals surface area contributed by atoms with Crippen LogP contribution in [0.15, 0.2) is 71.3 Å². The number of hydrogen-bond donors (Lipinski definition) is 3. The van der Waals surface area contributed by atoms with Gasteiger partial charge in [-0.1, -0.05) is 42.8 Å². The van der Waals surface area contributed by atoms with Crippen molar-refractivity contribution in [2.45, 2.75) is 19.9 Å². The zero-order valence-corrected chi connectivity index (χ0v) is 21.4. The second kappa shape index (κ2) is 10.3. The van der Waals surface area contributed by atoms with Crippen LogP contribution in [0.25, 0.3) is 21.3 Å². The molecule has 0 aliphatic rings. The van der Waals surface area contributed by atoms with Gasteiger partial charge in [0.25, 0.3) is 5.91 Å². The van der Waals surface area contributed by atoms with Crippen LogP contribution >= 0.6 is 22.9 Å². The maximum absolute atomic E-state index is 13.5. The predicted molar refractivity (Wildman–Crippen MR) is 148 cm³/mol. The Balaban J connectivity index is 1.68. The Morgan fingerprint density at radius 3 is 2.57 bits per heavy atom. The molecule has 7 nitrogen and oxygen atoms in total. The van der Waals surface area contributed by atoms with E-state index in [1.165, 1.54) is 16.9 Å². The maximum atomic E-state index is 13.5. The highest BCUT2D eigenvalue weighted by Crippen LogP contribution is 2.44. The number of nitrogens with one attached hydrogen (secondary N) is 2. The normalized spacial score (nSPS) is 10.8. The first-order chi connectivity index (χ1) is 18.0. The number of halogens is 1. The van der Waals surface area contributed by atoms with E-state index in [1.54, 1.807) is 30.5 Å². The standard InChI is InChI=1S/C28H22ClN5O2S/c1-2-16-5-11-19(12-6-16)33-28-23(27(35)32-15-20-4-3-13-36-20)24-25(37-28)22(21(14-30)26(31)34-24)17-7-9-18(29)10-8-17/h3-13,33H,2,15H2,1H3,(H2,31,34)(H,32,35). The first-order valence-corrected chi connectivity index (χ1v) is 12.8. The number of aromatic nitrogens is 1. The zero-order chi connectivity index (χ0) is 25.9. The van der Waals surface area contributed by atoms with Gasteiger partial charge in [0.05, 0.1) is 23.0 Å². The fourth-order valence-electron chi connectivity index (χ4n) is 4.04. The molecule has 3 heterocycles. The number of fused-ring (bicyclic) bond motifs is 1. The van der Waals surface area contributed by atoms with Crippen LogP contribution in [0.1, 0.15) is 34.2 Å². The molecule has 4 N–H and O–H groups in total. The molecule has 0 spiro atoms. The van der Waals surface area contributed by atoms with E-state index in [0.717, 1.165) is 17.7 Å². The quantitative estimate of drug-likeness (QED) is 0.212. The number of amides is 1. The van der Waals surface area contributed by atoms with Crippen molar-refractivity contribution in [2.75, 3.05) is 11.1 Å². The molecule has 3 aromatic heterocycles. The summed E-state index contributed by atoms with van der Waals surface area (Å²) in [6, 6.07) is 20.9. The van der Waals surface area contributed by atoms with Gasteiger partial charge in [0, 0.05) is 16.3 Å². The third-order valence-electron chi connectivity index (χ3n) is 5.94. The van der Waals surface area contributed by atoms with Gasteiger partial charge in [0.1, 0.15) is 33.8 Å². The van der Waals surface area contributed by atoms with E-state index in [4.69, 9.17) is 21.8 Å². The summed E-state index contributed by atoms with van der Waals surface area (Å²) < 4.78 is 6.03. The Kier molecular flexibility index (Phi) is 6.82. The molecule has 0 radical (unpaired) electrons. The van der Waals surface area contributed by atoms with Gasteiger partial charge in [-0.25, -0.2) is 4.98 Å². The molecule has 5 rings (SSSR count). The number of aryl methyl sites for hydroxylation is 1. The molecule has 0 saturated carbocycles. The Bertz CT molecular complexity index is 1620. The number of hydrogen-bond acceptors (Lipinski definition) is 7. The monoisotopic (exact) mass is 527 g/mol. The molecule has 9 heteroatoms. The molecule has 0 unspecified atom stereocenters. The molecule has 0 aliphatic heterocycles. The number of nitrogens with zero attached hydrogens (tertiary/aromatic N) is 2. The van der Waals surface area contributed by atoms with Crippen molar-refractivity contribution in [1.29, 1.82) is 5.26 Å². The molecule has 184 valence electrons. The first-order valence-electron chi connectivity index (χ1n) is 11.6. The second-order valence-electron chi connectivity index (χ2n) is 8.29. The number of nitrogens with two attached hydrogens (primary N) is 1. The molecular weight excluding hydrogens is 506 g/mol. The average molecular weight is 528 g/mol. The number of thiophene rings is 1. The Hall–Kier alpha value is -4.32. The molecular formula is C28H22ClN5O2S. The number of anilines is 3. The smallest absolute Gasteiger partial charge is 0.256 e. The van der Waals surface area contributed by atoms with E-state index in [-0.39, 0.29) is 23.8 Å². The van der Waals surface area contributed by atoms with Gasteiger partial charge in [-0.2, -0.15) is 5.26 Å². The summed E-state index contributed by atoms with van der Waals surface area (Å²) in [6.45, 7) is 2.31. The number of rotatable bonds is 7. The molecule has 0 saturated heterocycles. The summed E-state index contributed by atoms with van der Waals surface area (Å²) in [5.41, 5.74) is 10.7. The predicted octanol–water partition coefficient (Wildman–Crippen LogP) is 6.90. The topological polar surface area (TPSA) is 117 Å². The van der Waals surface area contributed by atoms with Gasteiger partial charge in [0.15, 0.2) is 0 Å². The van der Waals surface area contributed by atoms with Crippen molar-refractivity contribution in [3.63, 3.8) is 0 Å². The lowest BCUT2D eigenvalue weighted by Gasteiger charge is -2.10. The lowest BCUT2D eigenvalue weighted by Crippen LogP contribution is -2.23. The van der Waals surface area contributed by atoms with Crippen molar-refractivity contribution in [3.05, 3.63) is 94.4 Å². The summed E-state index contributed by atoms with van der Waals surface area (Å²) in [4.78, 5) is 18.1. The summed E-state index contributed by atoms with van der Waals surface area (Å²) in [5, 5.41) is 17.4. The average Bonchev–Trinajstić information content (AvgIpc) is 3.55. The Morgan fingerprint density at radius 2 is 1.92 bits per heavy atom. The minimum atomic E-state index is -0.339. The van der Waals surface area contributed by atoms with Crippen LogP contribution in [0.3, 0.4) is 0 Å². The molecule has 1 amide bonds. The third-order valence-corrected chi connectivity index (χ3v) is 7.31. The zero-order valence-electron chi connectivity index (χ0n) is 19.8. The molecule has 0 aliphatic carbocycles. The van der Waals surface area contributed by atoms with Crippen LogP contribution < -0.4 is 16.4 Å². The molecule has 37 heavy (non-hydrogen) atoms. The molecule has 0 fully saturated rings. The summed E-state index contributed by atoms with van der Waals surface area (Å²) >= 11 is 7.46. The summed E-state index contributed by atoms with van der Waals surface area (Å²) in [5.74, 6) is 0.337. The maximum Gasteiger partial charge on any atom is 0.256 e. The van der Waals surface area contributed by atoms with Gasteiger partial charge in [0.2, 0.25) is 0 Å². The number of nitriles is 1. The lowest BCUT2D eigenvalue weighted by molar-refractivity contribution is 0.0950. The van der Waals surface area contributed by atoms with E-state index in [2.05, 4.69) is 28.6 Å². The van der Waals surface area contributed by atoms with Crippen molar-refractivity contribution >= 4 is 55.6 Å². The highest BCUT2D eigenvalue weighted by Gasteiger charge is 2.26. The SMILES string of the molecule is CCc1ccc(Nc2sc3c(-c4ccc(Cl)cc4)c(C#N)c(N)nc3c2C(=O)NCc2ccco2)cc1. The van der Waals surface area contributed by atoms with Crippen molar-refractivity contribution in [1.82, 2.24) is 10.3 Å². The van der Waals surface area contributed by atoms with E-state index >= 15 is 0 Å². The number of pyridine rings is 1. The molecule has 0 bridgehead atoms. The number of carbonyl (C=O) groups excluding carboxylic acids is 1. The molecule has 0 atom stereocenters. The van der Waals surface area contributed by atoms with Gasteiger partial charge < -0.3 is 20.8 Å². The van der Waals surface area contributed by atoms with Crippen LogP contribution in [0.5, 0.6) is 0 Å². The van der Waals surface area contributed by atoms with E-state index in [1.807, 2.05) is 36.4 Å². The molecule has 2 aromatic carbocycles. The number of nitrogen functional groups attached to an aromatic ring is 1. The van der Waals surface area contributed by atoms with E-state index in [0.29, 0.717) is 37.1 Å². The van der Waals surface area contributed by atoms with E-state index < -0.39 is 0 Å². The number of carbonyl (C=O) groups is 1. The van der Waals surface area contributed by atoms with Gasteiger partial charge in [-0.3, -0.25) is 4.79 Å². The third kappa shape index (κ3) is 4.87. The highest BCUT2D eigenvalue weighted by molar-refractivity contribution is 7.24. The minimum Gasteiger partial charge on any atom is -0.467 e. The summed E-state index contributed by atoms with van der Waals surface area (Å²) in [6.07, 6.45) is 2.48. The first kappa shape index (κ1) is 24.4. The Morgan fingerprint density at radius 1 is 1.16 bits per heavy atom. The number of furan rings is 1. The summed E-state index contributed by atoms with van der Waals surface area (Å²) in [7, 11) is 0. The second-order valence-corrected chi connectivity index (χ2v) is 9.74. The highest BCUT2D eigenvalue weighted by atomic mass is 35.5. The van der Waals surface area contributed by atoms with Crippen LogP contribution in [0.4, 0.5) is 16.5 Å². The van der Waals surface area contributed by atoms with Gasteiger partial charge >= 0.3 is 0 Å². The molecule has 5 aromatic rings. The van der Waals surface area contributed by atoms with Crippen molar-refractivity contribution in [3.8, 4) is 17.2 Å². The van der Waals surface area contributed by atoms with Gasteiger partial charge in [-0.15, -0.1) is 11.3 Å². The van der Waals surface area contributed by atoms with Crippen LogP contribution in [-0.2, 0) is 13.0 Å². The fraction of sp³-hybridized carbons (Fsp3) is 0.107. The largest absolute Gasteiger partial charge is 0.467 e. The Labute approximate surface area is 222 Å². The van der Waals surface area contributed by atoms with Crippen LogP contribution in [-0.4, -0.2) is 10.9 Å².